The van der Waals surface area contributed by atoms with Crippen LogP contribution in [0.5, 0.6) is 0 Å². The van der Waals surface area contributed by atoms with E-state index in [9.17, 15) is 4.79 Å². The summed E-state index contributed by atoms with van der Waals surface area (Å²) in [6.07, 6.45) is 0. The van der Waals surface area contributed by atoms with Crippen LogP contribution < -0.4 is 0 Å². The van der Waals surface area contributed by atoms with Gasteiger partial charge in [0.1, 0.15) is 0 Å². The lowest BCUT2D eigenvalue weighted by molar-refractivity contribution is -0.109. The smallest absolute Gasteiger partial charge is 0.190 e. The normalized spacial score (nSPS) is 9.47. The van der Waals surface area contributed by atoms with E-state index >= 15 is 0 Å². The lowest BCUT2D eigenvalue weighted by atomic mass is 10.2. The van der Waals surface area contributed by atoms with Gasteiger partial charge >= 0.3 is 0 Å². The Morgan fingerprint density at radius 1 is 1.12 bits per heavy atom. The topological polar surface area (TPSA) is 17.1 Å². The van der Waals surface area contributed by atoms with E-state index < -0.39 is 0 Å². The molecule has 0 unspecified atom stereocenters. The number of rotatable bonds is 1. The number of carbonyl (C=O) groups is 1. The minimum absolute atomic E-state index is 0.0978. The monoisotopic (exact) mass is 239 g/mol. The van der Waals surface area contributed by atoms with Crippen LogP contribution in [0.4, 0.5) is 0 Å². The van der Waals surface area contributed by atoms with Gasteiger partial charge < -0.3 is 0 Å². The van der Waals surface area contributed by atoms with Crippen LogP contribution in [0.1, 0.15) is 18.1 Å². The van der Waals surface area contributed by atoms with Gasteiger partial charge in [-0.25, -0.2) is 0 Å². The molecule has 0 saturated heterocycles. The Balaban J connectivity index is 2.10. The Labute approximate surface area is 105 Å². The Bertz CT molecular complexity index is 553. The average Bonchev–Trinajstić information content (AvgIpc) is 2.80. The van der Waals surface area contributed by atoms with Crippen LogP contribution in [0.25, 0.3) is 0 Å². The third kappa shape index (κ3) is 3.58. The summed E-state index contributed by atoms with van der Waals surface area (Å²) >= 11 is 1.24. The minimum atomic E-state index is 0.0978. The van der Waals surface area contributed by atoms with Crippen molar-refractivity contribution in [3.63, 3.8) is 0 Å². The van der Waals surface area contributed by atoms with Crippen LogP contribution in [0, 0.1) is 11.8 Å². The second-order valence-corrected chi connectivity index (χ2v) is 4.79. The van der Waals surface area contributed by atoms with Crippen molar-refractivity contribution in [3.8, 4) is 11.8 Å². The molecule has 0 aliphatic heterocycles. The molecule has 17 heavy (non-hydrogen) atoms. The molecule has 84 valence electrons. The third-order valence-electron chi connectivity index (χ3n) is 2.13. The molecule has 0 N–H and O–H groups in total. The van der Waals surface area contributed by atoms with E-state index in [0.717, 1.165) is 16.0 Å². The van der Waals surface area contributed by atoms with Crippen molar-refractivity contribution in [1.82, 2.24) is 0 Å². The maximum absolute atomic E-state index is 10.9. The van der Waals surface area contributed by atoms with Gasteiger partial charge in [-0.3, -0.25) is 4.79 Å². The van der Waals surface area contributed by atoms with Gasteiger partial charge in [0.15, 0.2) is 5.12 Å². The van der Waals surface area contributed by atoms with E-state index in [1.165, 1.54) is 11.8 Å². The Hall–Kier alpha value is -1.85. The molecule has 0 heterocycles. The second-order valence-electron chi connectivity index (χ2n) is 3.54. The van der Waals surface area contributed by atoms with E-state index in [1.54, 1.807) is 6.92 Å². The highest BCUT2D eigenvalue weighted by Gasteiger charge is 1.97. The molecule has 0 bridgehead atoms. The average molecular weight is 239 g/mol. The predicted octanol–water partition coefficient (Wildman–Crippen LogP) is 3.44. The van der Waals surface area contributed by atoms with Crippen LogP contribution in [0.15, 0.2) is 53.4 Å². The summed E-state index contributed by atoms with van der Waals surface area (Å²) in [5.74, 6) is 6.16. The minimum Gasteiger partial charge on any atom is -0.287 e. The molecule has 0 radical (unpaired) electrons. The van der Waals surface area contributed by atoms with Crippen LogP contribution in [-0.4, -0.2) is 5.12 Å². The van der Waals surface area contributed by atoms with E-state index in [4.69, 9.17) is 0 Å². The van der Waals surface area contributed by atoms with Gasteiger partial charge in [0.2, 0.25) is 0 Å². The number of thioether (sulfide) groups is 1. The molecular formula is C15H11OS-. The Morgan fingerprint density at radius 3 is 2.41 bits per heavy atom. The summed E-state index contributed by atoms with van der Waals surface area (Å²) in [6.45, 7) is 1.56. The van der Waals surface area contributed by atoms with Gasteiger partial charge in [-0.1, -0.05) is 17.7 Å². The van der Waals surface area contributed by atoms with Gasteiger partial charge in [0.05, 0.1) is 0 Å². The first-order valence-electron chi connectivity index (χ1n) is 5.26. The molecule has 2 rings (SSSR count). The third-order valence-corrected chi connectivity index (χ3v) is 2.93. The van der Waals surface area contributed by atoms with E-state index in [0.29, 0.717) is 0 Å². The molecule has 0 aliphatic carbocycles. The lowest BCUT2D eigenvalue weighted by Crippen LogP contribution is -1.81. The zero-order valence-electron chi connectivity index (χ0n) is 9.44. The molecule has 2 aromatic rings. The zero-order chi connectivity index (χ0) is 12.1. The second kappa shape index (κ2) is 5.47. The summed E-state index contributed by atoms with van der Waals surface area (Å²) in [5, 5.41) is 0.0978. The first-order chi connectivity index (χ1) is 8.24. The first kappa shape index (κ1) is 11.6. The van der Waals surface area contributed by atoms with Crippen LogP contribution >= 0.6 is 11.8 Å². The Morgan fingerprint density at radius 2 is 1.82 bits per heavy atom. The molecule has 0 aliphatic rings. The summed E-state index contributed by atoms with van der Waals surface area (Å²) in [5.41, 5.74) is 1.98. The molecule has 0 fully saturated rings. The molecule has 2 heteroatoms. The molecule has 0 spiro atoms. The van der Waals surface area contributed by atoms with Gasteiger partial charge in [-0.15, -0.1) is 11.5 Å². The van der Waals surface area contributed by atoms with Crippen molar-refractivity contribution >= 4 is 16.9 Å². The number of benzene rings is 1. The highest BCUT2D eigenvalue weighted by molar-refractivity contribution is 8.13. The maximum atomic E-state index is 10.9. The molecule has 0 atom stereocenters. The van der Waals surface area contributed by atoms with Gasteiger partial charge in [-0.05, 0) is 24.3 Å². The molecule has 0 amide bonds. The molecule has 1 nitrogen and oxygen atoms in total. The van der Waals surface area contributed by atoms with Gasteiger partial charge in [-0.2, -0.15) is 24.3 Å². The maximum Gasteiger partial charge on any atom is 0.190 e. The number of hydrogen-bond donors (Lipinski definition) is 0. The van der Waals surface area contributed by atoms with Crippen molar-refractivity contribution in [3.05, 3.63) is 59.7 Å². The van der Waals surface area contributed by atoms with E-state index in [2.05, 4.69) is 11.8 Å². The predicted molar refractivity (Wildman–Crippen MR) is 71.0 cm³/mol. The molecular weight excluding hydrogens is 228 g/mol. The Kier molecular flexibility index (Phi) is 3.74. The highest BCUT2D eigenvalue weighted by Crippen LogP contribution is 2.18. The van der Waals surface area contributed by atoms with E-state index in [-0.39, 0.29) is 5.12 Å². The van der Waals surface area contributed by atoms with Crippen LogP contribution in [0.3, 0.4) is 0 Å². The van der Waals surface area contributed by atoms with Crippen LogP contribution in [0.2, 0.25) is 0 Å². The standard InChI is InChI=1S/C15H11OS/c1-12(16)17-15-10-8-14(9-11-15)7-6-13-4-2-3-5-13/h2-5,8-11H,1H3/q-1. The zero-order valence-corrected chi connectivity index (χ0v) is 10.3. The summed E-state index contributed by atoms with van der Waals surface area (Å²) in [7, 11) is 0. The summed E-state index contributed by atoms with van der Waals surface area (Å²) in [4.78, 5) is 11.9. The summed E-state index contributed by atoms with van der Waals surface area (Å²) in [6, 6.07) is 15.6. The number of carbonyl (C=O) groups excluding carboxylic acids is 1. The van der Waals surface area contributed by atoms with Crippen molar-refractivity contribution in [2.24, 2.45) is 0 Å². The van der Waals surface area contributed by atoms with Crippen molar-refractivity contribution < 1.29 is 4.79 Å². The highest BCUT2D eigenvalue weighted by atomic mass is 32.2. The van der Waals surface area contributed by atoms with E-state index in [1.807, 2.05) is 48.5 Å². The lowest BCUT2D eigenvalue weighted by Gasteiger charge is -1.97. The van der Waals surface area contributed by atoms with Gasteiger partial charge in [0, 0.05) is 17.4 Å². The fourth-order valence-electron chi connectivity index (χ4n) is 1.37. The van der Waals surface area contributed by atoms with Gasteiger partial charge in [0.25, 0.3) is 0 Å². The number of hydrogen-bond acceptors (Lipinski definition) is 2. The quantitative estimate of drug-likeness (QED) is 0.431. The van der Waals surface area contributed by atoms with Crippen molar-refractivity contribution in [2.75, 3.05) is 0 Å². The van der Waals surface area contributed by atoms with Crippen molar-refractivity contribution in [1.29, 1.82) is 0 Å². The SMILES string of the molecule is CC(=O)Sc1ccc(C#Cc2cc[cH-]c2)cc1. The molecule has 0 saturated carbocycles. The molecule has 2 aromatic carbocycles. The fourth-order valence-corrected chi connectivity index (χ4v) is 1.98. The van der Waals surface area contributed by atoms with Crippen LogP contribution in [-0.2, 0) is 4.79 Å². The summed E-state index contributed by atoms with van der Waals surface area (Å²) < 4.78 is 0. The van der Waals surface area contributed by atoms with Crippen molar-refractivity contribution in [2.45, 2.75) is 11.8 Å². The fraction of sp³-hybridized carbons (Fsp3) is 0.0667. The first-order valence-corrected chi connectivity index (χ1v) is 6.08. The largest absolute Gasteiger partial charge is 0.287 e. The molecule has 0 aromatic heterocycles.